The maximum atomic E-state index is 11.8. The molecule has 0 bridgehead atoms. The molecule has 6 heteroatoms. The fraction of sp³-hybridized carbons (Fsp3) is 0.647. The van der Waals surface area contributed by atoms with E-state index < -0.39 is 0 Å². The number of rotatable bonds is 10. The van der Waals surface area contributed by atoms with Gasteiger partial charge in [-0.25, -0.2) is 4.98 Å². The van der Waals surface area contributed by atoms with Gasteiger partial charge in [0.15, 0.2) is 0 Å². The molecule has 1 unspecified atom stereocenters. The van der Waals surface area contributed by atoms with Crippen LogP contribution in [0.15, 0.2) is 22.6 Å². The summed E-state index contributed by atoms with van der Waals surface area (Å²) in [5.41, 5.74) is 1.46. The number of hydrogen-bond acceptors (Lipinski definition) is 4. The molecule has 130 valence electrons. The number of ether oxygens (including phenoxy) is 1. The van der Waals surface area contributed by atoms with Crippen LogP contribution < -0.4 is 10.9 Å². The Bertz CT molecular complexity index is 569. The number of halogens is 1. The van der Waals surface area contributed by atoms with E-state index in [9.17, 15) is 4.79 Å². The Balaban J connectivity index is 2.38. The van der Waals surface area contributed by atoms with Crippen LogP contribution in [-0.2, 0) is 11.8 Å². The number of hydrogen-bond donors (Lipinski definition) is 1. The third-order valence-electron chi connectivity index (χ3n) is 3.78. The molecule has 0 aliphatic carbocycles. The van der Waals surface area contributed by atoms with Gasteiger partial charge in [0.1, 0.15) is 0 Å². The minimum atomic E-state index is -0.00943. The molecule has 1 atom stereocenters. The largest absolute Gasteiger partial charge is 0.381 e. The minimum Gasteiger partial charge on any atom is -0.381 e. The summed E-state index contributed by atoms with van der Waals surface area (Å²) in [5.74, 6) is 0.632. The number of unbranched alkanes of at least 4 members (excludes halogenated alkanes) is 1. The first-order chi connectivity index (χ1) is 11.0. The van der Waals surface area contributed by atoms with Crippen molar-refractivity contribution in [1.82, 2.24) is 9.55 Å². The van der Waals surface area contributed by atoms with Gasteiger partial charge in [-0.2, -0.15) is 0 Å². The number of nitrogens with one attached hydrogen (secondary N) is 1. The van der Waals surface area contributed by atoms with Gasteiger partial charge in [-0.1, -0.05) is 18.6 Å². The lowest BCUT2D eigenvalue weighted by Gasteiger charge is -2.13. The lowest BCUT2D eigenvalue weighted by atomic mass is 10.0. The van der Waals surface area contributed by atoms with Crippen LogP contribution >= 0.6 is 22.6 Å². The van der Waals surface area contributed by atoms with Gasteiger partial charge in [-0.05, 0) is 61.6 Å². The lowest BCUT2D eigenvalue weighted by Crippen LogP contribution is -2.24. The molecule has 0 fully saturated rings. The van der Waals surface area contributed by atoms with Gasteiger partial charge in [0.05, 0.1) is 9.67 Å². The Morgan fingerprint density at radius 3 is 2.91 bits per heavy atom. The van der Waals surface area contributed by atoms with E-state index in [0.29, 0.717) is 9.52 Å². The summed E-state index contributed by atoms with van der Waals surface area (Å²) in [5, 5.41) is 3.24. The van der Waals surface area contributed by atoms with Gasteiger partial charge in [0, 0.05) is 26.9 Å². The van der Waals surface area contributed by atoms with Gasteiger partial charge in [0.2, 0.25) is 5.95 Å². The molecule has 0 radical (unpaired) electrons. The summed E-state index contributed by atoms with van der Waals surface area (Å²) >= 11 is 2.01. The molecule has 1 N–H and O–H groups in total. The average Bonchev–Trinajstić information content (AvgIpc) is 2.54. The summed E-state index contributed by atoms with van der Waals surface area (Å²) < 4.78 is 7.55. The number of aromatic nitrogens is 2. The van der Waals surface area contributed by atoms with Crippen molar-refractivity contribution in [3.63, 3.8) is 0 Å². The summed E-state index contributed by atoms with van der Waals surface area (Å²) in [4.78, 5) is 16.1. The third-order valence-corrected chi connectivity index (χ3v) is 4.52. The second-order valence-electron chi connectivity index (χ2n) is 5.70. The second-order valence-corrected chi connectivity index (χ2v) is 6.86. The van der Waals surface area contributed by atoms with Crippen LogP contribution in [0.4, 0.5) is 5.95 Å². The van der Waals surface area contributed by atoms with Gasteiger partial charge in [-0.15, -0.1) is 0 Å². The van der Waals surface area contributed by atoms with Crippen molar-refractivity contribution in [2.75, 3.05) is 19.0 Å². The van der Waals surface area contributed by atoms with Crippen LogP contribution in [0, 0.1) is 3.57 Å². The van der Waals surface area contributed by atoms with Crippen molar-refractivity contribution in [3.8, 4) is 0 Å². The van der Waals surface area contributed by atoms with E-state index in [2.05, 4.69) is 30.2 Å². The van der Waals surface area contributed by atoms with E-state index in [-0.39, 0.29) is 11.7 Å². The molecule has 0 spiro atoms. The number of anilines is 1. The Morgan fingerprint density at radius 1 is 1.52 bits per heavy atom. The first-order valence-electron chi connectivity index (χ1n) is 8.15. The fourth-order valence-electron chi connectivity index (χ4n) is 2.39. The number of methoxy groups -OCH3 is 1. The van der Waals surface area contributed by atoms with E-state index in [4.69, 9.17) is 4.74 Å². The molecular weight excluding hydrogens is 405 g/mol. The van der Waals surface area contributed by atoms with Crippen LogP contribution in [-0.4, -0.2) is 29.3 Å². The van der Waals surface area contributed by atoms with E-state index in [1.165, 1.54) is 5.57 Å². The van der Waals surface area contributed by atoms with Gasteiger partial charge >= 0.3 is 0 Å². The Hall–Kier alpha value is -0.890. The van der Waals surface area contributed by atoms with Gasteiger partial charge < -0.3 is 10.1 Å². The van der Waals surface area contributed by atoms with Crippen LogP contribution in [0.1, 0.15) is 46.0 Å². The van der Waals surface area contributed by atoms with Gasteiger partial charge in [0.25, 0.3) is 5.56 Å². The van der Waals surface area contributed by atoms with Crippen LogP contribution in [0.2, 0.25) is 0 Å². The molecule has 0 saturated carbocycles. The SMILES string of the molecule is CC/C=C(/CCCCNc1ncc(I)c(=O)n1C)CC(C)OC. The van der Waals surface area contributed by atoms with Crippen molar-refractivity contribution in [2.24, 2.45) is 7.05 Å². The Kier molecular flexibility index (Phi) is 9.47. The molecule has 1 rings (SSSR count). The van der Waals surface area contributed by atoms with Crippen molar-refractivity contribution in [1.29, 1.82) is 0 Å². The Labute approximate surface area is 152 Å². The highest BCUT2D eigenvalue weighted by molar-refractivity contribution is 14.1. The summed E-state index contributed by atoms with van der Waals surface area (Å²) in [6.07, 6.45) is 9.53. The van der Waals surface area contributed by atoms with Crippen LogP contribution in [0.3, 0.4) is 0 Å². The summed E-state index contributed by atoms with van der Waals surface area (Å²) in [7, 11) is 3.50. The van der Waals surface area contributed by atoms with Crippen LogP contribution in [0.5, 0.6) is 0 Å². The predicted molar refractivity (Wildman–Crippen MR) is 104 cm³/mol. The van der Waals surface area contributed by atoms with E-state index in [1.807, 2.05) is 22.6 Å². The number of nitrogens with zero attached hydrogens (tertiary/aromatic N) is 2. The van der Waals surface area contributed by atoms with Crippen LogP contribution in [0.25, 0.3) is 0 Å². The van der Waals surface area contributed by atoms with Crippen molar-refractivity contribution >= 4 is 28.5 Å². The van der Waals surface area contributed by atoms with E-state index in [0.717, 1.165) is 38.6 Å². The second kappa shape index (κ2) is 10.8. The van der Waals surface area contributed by atoms with Crippen molar-refractivity contribution in [2.45, 2.75) is 52.1 Å². The van der Waals surface area contributed by atoms with Gasteiger partial charge in [-0.3, -0.25) is 9.36 Å². The smallest absolute Gasteiger partial charge is 0.268 e. The van der Waals surface area contributed by atoms with Crippen molar-refractivity contribution in [3.05, 3.63) is 31.8 Å². The minimum absolute atomic E-state index is 0.00943. The zero-order chi connectivity index (χ0) is 17.2. The van der Waals surface area contributed by atoms with E-state index >= 15 is 0 Å². The zero-order valence-electron chi connectivity index (χ0n) is 14.6. The maximum Gasteiger partial charge on any atom is 0.268 e. The maximum absolute atomic E-state index is 11.8. The lowest BCUT2D eigenvalue weighted by molar-refractivity contribution is 0.118. The monoisotopic (exact) mass is 433 g/mol. The molecule has 1 aromatic heterocycles. The van der Waals surface area contributed by atoms with E-state index in [1.54, 1.807) is 24.9 Å². The molecule has 5 nitrogen and oxygen atoms in total. The molecule has 0 aromatic carbocycles. The summed E-state index contributed by atoms with van der Waals surface area (Å²) in [6, 6.07) is 0. The molecule has 0 aliphatic rings. The molecule has 1 heterocycles. The standard InChI is InChI=1S/C17H28IN3O2/c1-5-8-14(11-13(2)23-4)9-6-7-10-19-17-20-12-15(18)16(22)21(17)3/h8,12-13H,5-7,9-11H2,1-4H3,(H,19,20)/b14-8-. The topological polar surface area (TPSA) is 56.2 Å². The first kappa shape index (κ1) is 20.2. The normalized spacial score (nSPS) is 13.2. The summed E-state index contributed by atoms with van der Waals surface area (Å²) in [6.45, 7) is 5.09. The quantitative estimate of drug-likeness (QED) is 0.347. The predicted octanol–water partition coefficient (Wildman–Crippen LogP) is 3.73. The Morgan fingerprint density at radius 2 is 2.26 bits per heavy atom. The number of allylic oxidation sites excluding steroid dienone is 1. The molecule has 0 saturated heterocycles. The molecular formula is C17H28IN3O2. The molecule has 1 aromatic rings. The fourth-order valence-corrected chi connectivity index (χ4v) is 2.89. The molecule has 0 amide bonds. The highest BCUT2D eigenvalue weighted by Gasteiger charge is 2.06. The third kappa shape index (κ3) is 7.03. The highest BCUT2D eigenvalue weighted by atomic mass is 127. The zero-order valence-corrected chi connectivity index (χ0v) is 16.7. The molecule has 23 heavy (non-hydrogen) atoms. The average molecular weight is 433 g/mol. The highest BCUT2D eigenvalue weighted by Crippen LogP contribution is 2.16. The van der Waals surface area contributed by atoms with Crippen molar-refractivity contribution < 1.29 is 4.74 Å². The first-order valence-corrected chi connectivity index (χ1v) is 9.23. The molecule has 0 aliphatic heterocycles.